The van der Waals surface area contributed by atoms with E-state index >= 15 is 0 Å². The molecule has 1 fully saturated rings. The Balaban J connectivity index is 1.37. The molecular formula is C28H25ClN2O4S. The highest BCUT2D eigenvalue weighted by atomic mass is 35.5. The van der Waals surface area contributed by atoms with E-state index in [-0.39, 0.29) is 11.4 Å². The molecule has 0 bridgehead atoms. The monoisotopic (exact) mass is 520 g/mol. The fourth-order valence-corrected chi connectivity index (χ4v) is 4.49. The van der Waals surface area contributed by atoms with E-state index in [2.05, 4.69) is 19.2 Å². The lowest BCUT2D eigenvalue weighted by Crippen LogP contribution is -2.36. The Labute approximate surface area is 219 Å². The van der Waals surface area contributed by atoms with Crippen LogP contribution in [0.1, 0.15) is 36.5 Å². The van der Waals surface area contributed by atoms with Gasteiger partial charge in [0.05, 0.1) is 4.91 Å². The van der Waals surface area contributed by atoms with Crippen LogP contribution < -0.4 is 10.1 Å². The molecule has 3 amide bonds. The highest BCUT2D eigenvalue weighted by molar-refractivity contribution is 8.18. The molecule has 6 nitrogen and oxygen atoms in total. The van der Waals surface area contributed by atoms with Crippen LogP contribution in [-0.4, -0.2) is 28.5 Å². The van der Waals surface area contributed by atoms with Crippen LogP contribution in [0.25, 0.3) is 6.08 Å². The van der Waals surface area contributed by atoms with Gasteiger partial charge in [-0.05, 0) is 76.8 Å². The molecule has 0 spiro atoms. The maximum Gasteiger partial charge on any atom is 0.294 e. The molecule has 36 heavy (non-hydrogen) atoms. The zero-order valence-corrected chi connectivity index (χ0v) is 21.4. The number of imide groups is 1. The number of ether oxygens (including phenoxy) is 1. The number of halogens is 1. The number of hydrogen-bond donors (Lipinski definition) is 1. The van der Waals surface area contributed by atoms with Gasteiger partial charge < -0.3 is 10.1 Å². The van der Waals surface area contributed by atoms with Gasteiger partial charge in [-0.2, -0.15) is 0 Å². The largest absolute Gasteiger partial charge is 0.489 e. The smallest absolute Gasteiger partial charge is 0.294 e. The molecular weight excluding hydrogens is 496 g/mol. The molecule has 184 valence electrons. The topological polar surface area (TPSA) is 75.7 Å². The van der Waals surface area contributed by atoms with Crippen LogP contribution in [0.4, 0.5) is 10.5 Å². The zero-order valence-electron chi connectivity index (χ0n) is 19.9. The lowest BCUT2D eigenvalue weighted by molar-refractivity contribution is -0.127. The van der Waals surface area contributed by atoms with Crippen molar-refractivity contribution in [2.45, 2.75) is 26.4 Å². The van der Waals surface area contributed by atoms with Gasteiger partial charge >= 0.3 is 0 Å². The molecule has 1 aliphatic heterocycles. The average molecular weight is 521 g/mol. The van der Waals surface area contributed by atoms with Crippen LogP contribution in [0.2, 0.25) is 5.02 Å². The third kappa shape index (κ3) is 6.56. The van der Waals surface area contributed by atoms with Crippen molar-refractivity contribution in [1.29, 1.82) is 0 Å². The van der Waals surface area contributed by atoms with Crippen LogP contribution in [-0.2, 0) is 16.2 Å². The first-order valence-electron chi connectivity index (χ1n) is 11.4. The van der Waals surface area contributed by atoms with Crippen LogP contribution >= 0.6 is 23.4 Å². The van der Waals surface area contributed by atoms with E-state index < -0.39 is 17.1 Å². The molecule has 0 aromatic heterocycles. The van der Waals surface area contributed by atoms with Crippen molar-refractivity contribution in [3.63, 3.8) is 0 Å². The molecule has 1 N–H and O–H groups in total. The van der Waals surface area contributed by atoms with Crippen LogP contribution in [0.5, 0.6) is 5.75 Å². The van der Waals surface area contributed by atoms with E-state index in [9.17, 15) is 14.4 Å². The van der Waals surface area contributed by atoms with Crippen LogP contribution in [0.3, 0.4) is 0 Å². The van der Waals surface area contributed by atoms with Crippen molar-refractivity contribution >= 4 is 52.2 Å². The van der Waals surface area contributed by atoms with Gasteiger partial charge in [-0.3, -0.25) is 19.3 Å². The van der Waals surface area contributed by atoms with Gasteiger partial charge in [0, 0.05) is 10.7 Å². The Hall–Kier alpha value is -3.55. The van der Waals surface area contributed by atoms with E-state index in [0.717, 1.165) is 27.8 Å². The molecule has 8 heteroatoms. The zero-order chi connectivity index (χ0) is 25.7. The van der Waals surface area contributed by atoms with Crippen molar-refractivity contribution in [2.75, 3.05) is 11.9 Å². The molecule has 0 saturated carbocycles. The van der Waals surface area contributed by atoms with Crippen molar-refractivity contribution in [3.05, 3.63) is 99.4 Å². The third-order valence-corrected chi connectivity index (χ3v) is 6.67. The molecule has 0 radical (unpaired) electrons. The van der Waals surface area contributed by atoms with Crippen molar-refractivity contribution in [2.24, 2.45) is 0 Å². The second-order valence-corrected chi connectivity index (χ2v) is 10.0. The number of benzene rings is 3. The summed E-state index contributed by atoms with van der Waals surface area (Å²) >= 11 is 6.73. The summed E-state index contributed by atoms with van der Waals surface area (Å²) in [5.74, 6) is 0.0737. The summed E-state index contributed by atoms with van der Waals surface area (Å²) in [5.41, 5.74) is 3.45. The van der Waals surface area contributed by atoms with Gasteiger partial charge in [-0.15, -0.1) is 0 Å². The molecule has 0 atom stereocenters. The van der Waals surface area contributed by atoms with Crippen molar-refractivity contribution in [1.82, 2.24) is 4.90 Å². The van der Waals surface area contributed by atoms with E-state index in [1.807, 2.05) is 54.6 Å². The Morgan fingerprint density at radius 1 is 1.06 bits per heavy atom. The maximum absolute atomic E-state index is 12.8. The number of carbonyl (C=O) groups is 3. The predicted octanol–water partition coefficient (Wildman–Crippen LogP) is 6.72. The van der Waals surface area contributed by atoms with E-state index in [1.165, 1.54) is 0 Å². The highest BCUT2D eigenvalue weighted by Crippen LogP contribution is 2.32. The van der Waals surface area contributed by atoms with Gasteiger partial charge in [0.25, 0.3) is 11.1 Å². The summed E-state index contributed by atoms with van der Waals surface area (Å²) in [6.07, 6.45) is 1.63. The molecule has 4 rings (SSSR count). The quantitative estimate of drug-likeness (QED) is 0.334. The summed E-state index contributed by atoms with van der Waals surface area (Å²) in [6.45, 7) is 4.20. The Kier molecular flexibility index (Phi) is 8.13. The van der Waals surface area contributed by atoms with Crippen LogP contribution in [0.15, 0.2) is 77.7 Å². The Bertz CT molecular complexity index is 1300. The minimum atomic E-state index is -0.497. The van der Waals surface area contributed by atoms with Gasteiger partial charge in [0.15, 0.2) is 0 Å². The standard InChI is InChI=1S/C28H25ClN2O4S/c1-18(2)21-8-12-23(13-9-21)30-26(32)16-31-27(33)25(36-28(31)34)15-20-4-3-5-24(14-20)35-17-19-6-10-22(29)11-7-19/h3-15,18H,16-17H2,1-2H3,(H,30,32)/b25-15+. The SMILES string of the molecule is CC(C)c1ccc(NC(=O)CN2C(=O)S/C(=C/c3cccc(OCc4ccc(Cl)cc4)c3)C2=O)cc1. The molecule has 1 saturated heterocycles. The minimum Gasteiger partial charge on any atom is -0.489 e. The average Bonchev–Trinajstić information content (AvgIpc) is 3.11. The van der Waals surface area contributed by atoms with E-state index in [0.29, 0.717) is 34.5 Å². The number of hydrogen-bond acceptors (Lipinski definition) is 5. The number of nitrogens with zero attached hydrogens (tertiary/aromatic N) is 1. The number of rotatable bonds is 8. The second-order valence-electron chi connectivity index (χ2n) is 8.58. The summed E-state index contributed by atoms with van der Waals surface area (Å²) in [4.78, 5) is 39.0. The number of anilines is 1. The number of thioether (sulfide) groups is 1. The maximum atomic E-state index is 12.8. The second kappa shape index (κ2) is 11.5. The number of amides is 3. The predicted molar refractivity (Wildman–Crippen MR) is 144 cm³/mol. The fraction of sp³-hybridized carbons (Fsp3) is 0.179. The normalized spacial score (nSPS) is 14.6. The van der Waals surface area contributed by atoms with E-state index in [1.54, 1.807) is 24.3 Å². The third-order valence-electron chi connectivity index (χ3n) is 5.51. The summed E-state index contributed by atoms with van der Waals surface area (Å²) in [5, 5.41) is 2.92. The lowest BCUT2D eigenvalue weighted by Gasteiger charge is -2.13. The van der Waals surface area contributed by atoms with Crippen molar-refractivity contribution in [3.8, 4) is 5.75 Å². The summed E-state index contributed by atoms with van der Waals surface area (Å²) in [7, 11) is 0. The molecule has 3 aromatic rings. The Morgan fingerprint density at radius 2 is 1.78 bits per heavy atom. The lowest BCUT2D eigenvalue weighted by atomic mass is 10.0. The highest BCUT2D eigenvalue weighted by Gasteiger charge is 2.36. The Morgan fingerprint density at radius 3 is 2.47 bits per heavy atom. The van der Waals surface area contributed by atoms with Gasteiger partial charge in [-0.25, -0.2) is 0 Å². The molecule has 0 unspecified atom stereocenters. The molecule has 3 aromatic carbocycles. The first-order chi connectivity index (χ1) is 17.3. The van der Waals surface area contributed by atoms with Crippen molar-refractivity contribution < 1.29 is 19.1 Å². The summed E-state index contributed by atoms with van der Waals surface area (Å²) in [6, 6.07) is 22.1. The minimum absolute atomic E-state index is 0.254. The summed E-state index contributed by atoms with van der Waals surface area (Å²) < 4.78 is 5.84. The fourth-order valence-electron chi connectivity index (χ4n) is 3.52. The molecule has 1 heterocycles. The molecule has 1 aliphatic rings. The van der Waals surface area contributed by atoms with Crippen LogP contribution in [0, 0.1) is 0 Å². The van der Waals surface area contributed by atoms with Gasteiger partial charge in [0.2, 0.25) is 5.91 Å². The van der Waals surface area contributed by atoms with Gasteiger partial charge in [-0.1, -0.05) is 61.8 Å². The molecule has 0 aliphatic carbocycles. The van der Waals surface area contributed by atoms with E-state index in [4.69, 9.17) is 16.3 Å². The first kappa shape index (κ1) is 25.5. The number of nitrogens with one attached hydrogen (secondary N) is 1. The number of carbonyl (C=O) groups excluding carboxylic acids is 3. The van der Waals surface area contributed by atoms with Gasteiger partial charge in [0.1, 0.15) is 18.9 Å². The first-order valence-corrected chi connectivity index (χ1v) is 12.6.